The highest BCUT2D eigenvalue weighted by atomic mass is 35.5. The van der Waals surface area contributed by atoms with Gasteiger partial charge in [-0.25, -0.2) is 4.90 Å². The molecule has 12 nitrogen and oxygen atoms in total. The number of ether oxygens (including phenoxy) is 1. The molecule has 0 unspecified atom stereocenters. The molecule has 5 aromatic rings. The van der Waals surface area contributed by atoms with Gasteiger partial charge in [-0.1, -0.05) is 35.4 Å². The molecular weight excluding hydrogens is 812 g/mol. The number of anilines is 2. The van der Waals surface area contributed by atoms with Gasteiger partial charge >= 0.3 is 13.5 Å². The quantitative estimate of drug-likeness (QED) is 0.106. The van der Waals surface area contributed by atoms with Crippen molar-refractivity contribution in [2.24, 2.45) is 36.1 Å². The topological polar surface area (TPSA) is 162 Å². The first-order valence-corrected chi connectivity index (χ1v) is 19.8. The zero-order valence-corrected chi connectivity index (χ0v) is 33.0. The number of thiophene rings is 1. The standard InChI is InChI=1S/C41H33BClF3N4O8S/c1-18-25-14-20(43)7-12-31(25)59-35(18)29-17-32(48(3)47-29)50-37(53)28-16-26-23(34(40(28,2)39(50)55)27-15-22(8-11-30(27)51)58-41(44,45)46)9-10-24-33(26)38(54)49(36(24)52)21-6-4-5-19(13-21)42(56)57/h4-9,11-15,17,24,26,28,33-34,51,56-57H,10,16H2,1-3H3/t24-,26+,28-,33-,34+,40+/m0/s1. The summed E-state index contributed by atoms with van der Waals surface area (Å²) < 4.78 is 47.2. The number of alkyl halides is 3. The van der Waals surface area contributed by atoms with Gasteiger partial charge in [-0.05, 0) is 97.6 Å². The summed E-state index contributed by atoms with van der Waals surface area (Å²) in [6, 6.07) is 15.8. The number of phenolic OH excluding ortho intramolecular Hbond substituents is 1. The van der Waals surface area contributed by atoms with E-state index in [1.54, 1.807) is 32.2 Å². The zero-order chi connectivity index (χ0) is 42.0. The number of benzene rings is 3. The van der Waals surface area contributed by atoms with Crippen molar-refractivity contribution in [1.82, 2.24) is 9.78 Å². The highest BCUT2D eigenvalue weighted by Gasteiger charge is 2.68. The van der Waals surface area contributed by atoms with E-state index in [-0.39, 0.29) is 35.4 Å². The average Bonchev–Trinajstić information content (AvgIpc) is 3.85. The van der Waals surface area contributed by atoms with Crippen molar-refractivity contribution in [3.05, 3.63) is 94.5 Å². The van der Waals surface area contributed by atoms with Crippen LogP contribution in [0.4, 0.5) is 24.7 Å². The molecule has 2 aromatic heterocycles. The van der Waals surface area contributed by atoms with Crippen molar-refractivity contribution < 1.29 is 52.2 Å². The molecule has 59 heavy (non-hydrogen) atoms. The molecule has 302 valence electrons. The van der Waals surface area contributed by atoms with Gasteiger partial charge in [0.05, 0.1) is 33.7 Å². The molecule has 3 aromatic carbocycles. The molecule has 4 heterocycles. The van der Waals surface area contributed by atoms with Crippen LogP contribution in [0.3, 0.4) is 0 Å². The van der Waals surface area contributed by atoms with E-state index in [4.69, 9.17) is 16.7 Å². The van der Waals surface area contributed by atoms with Gasteiger partial charge in [-0.2, -0.15) is 5.10 Å². The summed E-state index contributed by atoms with van der Waals surface area (Å²) >= 11 is 7.74. The van der Waals surface area contributed by atoms with Gasteiger partial charge in [0.15, 0.2) is 0 Å². The minimum Gasteiger partial charge on any atom is -0.508 e. The predicted octanol–water partition coefficient (Wildman–Crippen LogP) is 5.98. The molecule has 0 bridgehead atoms. The second-order valence-corrected chi connectivity index (χ2v) is 17.1. The predicted molar refractivity (Wildman–Crippen MR) is 212 cm³/mol. The zero-order valence-electron chi connectivity index (χ0n) is 31.4. The van der Waals surface area contributed by atoms with Crippen LogP contribution in [-0.2, 0) is 26.2 Å². The van der Waals surface area contributed by atoms with E-state index in [0.29, 0.717) is 16.3 Å². The summed E-state index contributed by atoms with van der Waals surface area (Å²) in [5.41, 5.74) is 0.101. The molecule has 0 spiro atoms. The van der Waals surface area contributed by atoms with E-state index >= 15 is 4.79 Å². The Labute approximate surface area is 343 Å². The number of halogens is 4. The summed E-state index contributed by atoms with van der Waals surface area (Å²) in [5.74, 6) is -8.76. The van der Waals surface area contributed by atoms with Crippen molar-refractivity contribution in [2.75, 3.05) is 9.80 Å². The number of aromatic hydroxyl groups is 1. The molecule has 0 radical (unpaired) electrons. The molecule has 4 aliphatic rings. The van der Waals surface area contributed by atoms with Gasteiger partial charge in [0.2, 0.25) is 23.6 Å². The number of amides is 4. The number of phenols is 1. The Morgan fingerprint density at radius 2 is 1.73 bits per heavy atom. The number of nitrogens with zero attached hydrogens (tertiary/aromatic N) is 4. The molecule has 3 fully saturated rings. The van der Waals surface area contributed by atoms with Crippen LogP contribution in [0.2, 0.25) is 5.02 Å². The maximum absolute atomic E-state index is 15.1. The fourth-order valence-corrected chi connectivity index (χ4v) is 11.2. The largest absolute Gasteiger partial charge is 0.573 e. The van der Waals surface area contributed by atoms with Gasteiger partial charge in [-0.3, -0.25) is 28.8 Å². The summed E-state index contributed by atoms with van der Waals surface area (Å²) in [6.07, 6.45) is -3.48. The van der Waals surface area contributed by atoms with Crippen molar-refractivity contribution in [3.63, 3.8) is 0 Å². The SMILES string of the molecule is Cc1c(-c2cc(N3C(=O)[C@@H]4C[C@@H]5C(=CC[C@@H]6C(=O)N(c7cccc(B(O)O)c7)C(=O)[C@@H]65)[C@H](c5cc(OC(F)(F)F)ccc5O)[C@]4(C)C3=O)n(C)n2)sc2ccc(Cl)cc12. The normalized spacial score (nSPS) is 25.4. The first-order chi connectivity index (χ1) is 27.9. The summed E-state index contributed by atoms with van der Waals surface area (Å²) in [7, 11) is -0.295. The molecule has 3 N–H and O–H groups in total. The molecule has 1 saturated carbocycles. The first-order valence-electron chi connectivity index (χ1n) is 18.6. The Balaban J connectivity index is 1.17. The molecule has 2 aliphatic carbocycles. The maximum atomic E-state index is 15.1. The van der Waals surface area contributed by atoms with Crippen LogP contribution in [-0.4, -0.2) is 62.0 Å². The molecule has 9 rings (SSSR count). The molecule has 18 heteroatoms. The fraction of sp³-hybridized carbons (Fsp3) is 0.293. The lowest BCUT2D eigenvalue weighted by molar-refractivity contribution is -0.274. The summed E-state index contributed by atoms with van der Waals surface area (Å²) in [5, 5.41) is 37.2. The van der Waals surface area contributed by atoms with Crippen LogP contribution >= 0.6 is 22.9 Å². The second kappa shape index (κ2) is 13.5. The molecule has 6 atom stereocenters. The first kappa shape index (κ1) is 39.0. The van der Waals surface area contributed by atoms with Crippen molar-refractivity contribution in [1.29, 1.82) is 0 Å². The Morgan fingerprint density at radius 3 is 2.46 bits per heavy atom. The number of aryl methyl sites for hydroxylation is 2. The van der Waals surface area contributed by atoms with E-state index in [2.05, 4.69) is 4.74 Å². The van der Waals surface area contributed by atoms with Crippen LogP contribution in [0.25, 0.3) is 20.7 Å². The number of allylic oxidation sites excluding steroid dienone is 2. The minimum absolute atomic E-state index is 0.00725. The number of fused-ring (bicyclic) bond motifs is 5. The lowest BCUT2D eigenvalue weighted by Gasteiger charge is -2.49. The van der Waals surface area contributed by atoms with Crippen LogP contribution in [0, 0.1) is 36.0 Å². The fourth-order valence-electron chi connectivity index (χ4n) is 9.83. The molecule has 2 saturated heterocycles. The van der Waals surface area contributed by atoms with Gasteiger partial charge in [0, 0.05) is 34.3 Å². The second-order valence-electron chi connectivity index (χ2n) is 15.6. The van der Waals surface area contributed by atoms with E-state index in [1.165, 1.54) is 40.3 Å². The third kappa shape index (κ3) is 5.92. The van der Waals surface area contributed by atoms with Gasteiger partial charge < -0.3 is 19.9 Å². The van der Waals surface area contributed by atoms with Crippen LogP contribution in [0.5, 0.6) is 11.5 Å². The smallest absolute Gasteiger partial charge is 0.508 e. The van der Waals surface area contributed by atoms with E-state index < -0.39 is 83.6 Å². The number of rotatable bonds is 6. The molecule has 4 amide bonds. The third-order valence-electron chi connectivity index (χ3n) is 12.5. The van der Waals surface area contributed by atoms with Crippen LogP contribution in [0.15, 0.2) is 78.4 Å². The highest BCUT2D eigenvalue weighted by Crippen LogP contribution is 2.65. The Morgan fingerprint density at radius 1 is 0.966 bits per heavy atom. The average molecular weight is 845 g/mol. The van der Waals surface area contributed by atoms with Crippen molar-refractivity contribution in [2.45, 2.75) is 39.0 Å². The van der Waals surface area contributed by atoms with Crippen LogP contribution in [0.1, 0.15) is 36.8 Å². The van der Waals surface area contributed by atoms with E-state index in [1.807, 2.05) is 19.1 Å². The van der Waals surface area contributed by atoms with Gasteiger partial charge in [0.25, 0.3) is 0 Å². The Kier molecular flexibility index (Phi) is 8.94. The number of carbonyl (C=O) groups excluding carboxylic acids is 4. The van der Waals surface area contributed by atoms with E-state index in [0.717, 1.165) is 48.5 Å². The number of imide groups is 2. The lowest BCUT2D eigenvalue weighted by Crippen LogP contribution is -2.49. The van der Waals surface area contributed by atoms with Crippen molar-refractivity contribution >= 4 is 80.7 Å². The Bertz CT molecular complexity index is 2700. The highest BCUT2D eigenvalue weighted by molar-refractivity contribution is 7.22. The summed E-state index contributed by atoms with van der Waals surface area (Å²) in [4.78, 5) is 61.3. The number of hydrogen-bond acceptors (Lipinski definition) is 10. The molecule has 2 aliphatic heterocycles. The van der Waals surface area contributed by atoms with Crippen molar-refractivity contribution in [3.8, 4) is 22.1 Å². The number of carbonyl (C=O) groups is 4. The molecular formula is C41H33BClF3N4O8S. The number of aromatic nitrogens is 2. The minimum atomic E-state index is -5.09. The number of hydrogen-bond donors (Lipinski definition) is 3. The monoisotopic (exact) mass is 844 g/mol. The van der Waals surface area contributed by atoms with Gasteiger partial charge in [0.1, 0.15) is 23.0 Å². The Hall–Kier alpha value is -5.49. The maximum Gasteiger partial charge on any atom is 0.573 e. The van der Waals surface area contributed by atoms with E-state index in [9.17, 15) is 42.7 Å². The third-order valence-corrected chi connectivity index (χ3v) is 14.0. The van der Waals surface area contributed by atoms with Gasteiger partial charge in [-0.15, -0.1) is 24.5 Å². The van der Waals surface area contributed by atoms with Crippen LogP contribution < -0.4 is 20.0 Å². The lowest BCUT2D eigenvalue weighted by atomic mass is 9.51. The summed E-state index contributed by atoms with van der Waals surface area (Å²) in [6.45, 7) is 3.46.